The Hall–Kier alpha value is -3.45. The largest absolute Gasteiger partial charge is 0.504 e. The van der Waals surface area contributed by atoms with E-state index in [4.69, 9.17) is 9.47 Å². The van der Waals surface area contributed by atoms with Gasteiger partial charge < -0.3 is 14.6 Å². The molecule has 152 valence electrons. The number of para-hydroxylation sites is 1. The number of amides is 2. The van der Waals surface area contributed by atoms with Crippen molar-refractivity contribution in [2.75, 3.05) is 20.3 Å². The highest BCUT2D eigenvalue weighted by Gasteiger charge is 2.35. The second kappa shape index (κ2) is 8.51. The van der Waals surface area contributed by atoms with Crippen molar-refractivity contribution >= 4 is 39.8 Å². The number of thioether (sulfide) groups is 1. The Morgan fingerprint density at radius 1 is 1.00 bits per heavy atom. The van der Waals surface area contributed by atoms with E-state index >= 15 is 0 Å². The zero-order valence-electron chi connectivity index (χ0n) is 16.2. The minimum absolute atomic E-state index is 0.0777. The summed E-state index contributed by atoms with van der Waals surface area (Å²) in [6.07, 6.45) is 1.49. The standard InChI is InChI=1S/C23H19NO5S/c1-28-19-11-5-8-16(21(19)25)14-20-22(26)24(23(27)30-20)12-13-29-18-10-4-7-15-6-2-3-9-17(15)18/h2-11,14,25H,12-13H2,1H3/b20-14-. The molecule has 0 saturated carbocycles. The minimum Gasteiger partial charge on any atom is -0.504 e. The van der Waals surface area contributed by atoms with Crippen LogP contribution in [0.25, 0.3) is 16.8 Å². The van der Waals surface area contributed by atoms with Crippen LogP contribution in [0.1, 0.15) is 5.56 Å². The van der Waals surface area contributed by atoms with Gasteiger partial charge in [-0.3, -0.25) is 14.5 Å². The average Bonchev–Trinajstić information content (AvgIpc) is 3.02. The first-order chi connectivity index (χ1) is 14.6. The van der Waals surface area contributed by atoms with Crippen LogP contribution >= 0.6 is 11.8 Å². The second-order valence-corrected chi connectivity index (χ2v) is 7.55. The van der Waals surface area contributed by atoms with Gasteiger partial charge in [0.25, 0.3) is 11.1 Å². The fraction of sp³-hybridized carbons (Fsp3) is 0.130. The van der Waals surface area contributed by atoms with Gasteiger partial charge in [0.05, 0.1) is 18.6 Å². The molecule has 0 atom stereocenters. The predicted molar refractivity (Wildman–Crippen MR) is 117 cm³/mol. The molecule has 0 unspecified atom stereocenters. The summed E-state index contributed by atoms with van der Waals surface area (Å²) >= 11 is 0.839. The van der Waals surface area contributed by atoms with Crippen LogP contribution in [0.2, 0.25) is 0 Å². The molecule has 1 saturated heterocycles. The maximum atomic E-state index is 12.7. The first-order valence-electron chi connectivity index (χ1n) is 9.30. The number of carbonyl (C=O) groups excluding carboxylic acids is 2. The molecule has 3 aromatic carbocycles. The van der Waals surface area contributed by atoms with Crippen molar-refractivity contribution in [1.82, 2.24) is 4.90 Å². The van der Waals surface area contributed by atoms with E-state index < -0.39 is 5.91 Å². The first kappa shape index (κ1) is 19.8. The normalized spacial score (nSPS) is 15.2. The van der Waals surface area contributed by atoms with E-state index in [0.717, 1.165) is 27.4 Å². The van der Waals surface area contributed by atoms with Gasteiger partial charge in [-0.25, -0.2) is 0 Å². The number of hydrogen-bond donors (Lipinski definition) is 1. The van der Waals surface area contributed by atoms with Crippen LogP contribution in [-0.2, 0) is 4.79 Å². The van der Waals surface area contributed by atoms with Gasteiger partial charge in [0, 0.05) is 10.9 Å². The molecule has 0 bridgehead atoms. The molecule has 1 aliphatic rings. The summed E-state index contributed by atoms with van der Waals surface area (Å²) in [5.74, 6) is 0.517. The molecular weight excluding hydrogens is 402 g/mol. The molecule has 3 aromatic rings. The third kappa shape index (κ3) is 3.84. The highest BCUT2D eigenvalue weighted by Crippen LogP contribution is 2.36. The summed E-state index contributed by atoms with van der Waals surface area (Å²) in [5, 5.41) is 11.9. The summed E-state index contributed by atoms with van der Waals surface area (Å²) in [6.45, 7) is 0.319. The Balaban J connectivity index is 1.46. The Kier molecular flexibility index (Phi) is 5.63. The third-order valence-corrected chi connectivity index (χ3v) is 5.64. The molecule has 0 aromatic heterocycles. The number of phenolic OH excluding ortho intramolecular Hbond substituents is 1. The van der Waals surface area contributed by atoms with E-state index in [2.05, 4.69) is 0 Å². The first-order valence-corrected chi connectivity index (χ1v) is 10.1. The highest BCUT2D eigenvalue weighted by molar-refractivity contribution is 8.18. The van der Waals surface area contributed by atoms with Crippen molar-refractivity contribution < 1.29 is 24.2 Å². The van der Waals surface area contributed by atoms with E-state index in [9.17, 15) is 14.7 Å². The fourth-order valence-corrected chi connectivity index (χ4v) is 4.08. The summed E-state index contributed by atoms with van der Waals surface area (Å²) < 4.78 is 10.9. The molecule has 6 nitrogen and oxygen atoms in total. The molecular formula is C23H19NO5S. The van der Waals surface area contributed by atoms with Gasteiger partial charge in [0.2, 0.25) is 0 Å². The average molecular weight is 421 g/mol. The number of ether oxygens (including phenoxy) is 2. The van der Waals surface area contributed by atoms with Crippen LogP contribution in [0.15, 0.2) is 65.6 Å². The van der Waals surface area contributed by atoms with Gasteiger partial charge in [-0.1, -0.05) is 48.5 Å². The summed E-state index contributed by atoms with van der Waals surface area (Å²) in [6, 6.07) is 18.6. The van der Waals surface area contributed by atoms with Crippen molar-refractivity contribution in [2.45, 2.75) is 0 Å². The lowest BCUT2D eigenvalue weighted by Gasteiger charge is -2.14. The van der Waals surface area contributed by atoms with Crippen LogP contribution in [0, 0.1) is 0 Å². The van der Waals surface area contributed by atoms with E-state index in [1.165, 1.54) is 13.2 Å². The Morgan fingerprint density at radius 3 is 2.57 bits per heavy atom. The van der Waals surface area contributed by atoms with Crippen LogP contribution in [0.4, 0.5) is 4.79 Å². The number of hydrogen-bond acceptors (Lipinski definition) is 6. The van der Waals surface area contributed by atoms with E-state index in [-0.39, 0.29) is 29.0 Å². The van der Waals surface area contributed by atoms with Crippen molar-refractivity contribution in [3.05, 3.63) is 71.1 Å². The number of imide groups is 1. The molecule has 30 heavy (non-hydrogen) atoms. The molecule has 7 heteroatoms. The van der Waals surface area contributed by atoms with Gasteiger partial charge in [-0.05, 0) is 35.4 Å². The van der Waals surface area contributed by atoms with Crippen LogP contribution in [-0.4, -0.2) is 41.4 Å². The van der Waals surface area contributed by atoms with Crippen molar-refractivity contribution in [3.63, 3.8) is 0 Å². The Labute approximate surface area is 177 Å². The number of carbonyl (C=O) groups is 2. The van der Waals surface area contributed by atoms with Crippen molar-refractivity contribution in [2.24, 2.45) is 0 Å². The number of methoxy groups -OCH3 is 1. The van der Waals surface area contributed by atoms with Gasteiger partial charge in [-0.15, -0.1) is 0 Å². The summed E-state index contributed by atoms with van der Waals surface area (Å²) in [7, 11) is 1.45. The molecule has 0 spiro atoms. The smallest absolute Gasteiger partial charge is 0.293 e. The van der Waals surface area contributed by atoms with Crippen LogP contribution in [0.3, 0.4) is 0 Å². The highest BCUT2D eigenvalue weighted by atomic mass is 32.2. The van der Waals surface area contributed by atoms with Gasteiger partial charge in [0.15, 0.2) is 11.5 Å². The van der Waals surface area contributed by atoms with Crippen LogP contribution in [0.5, 0.6) is 17.2 Å². The zero-order valence-corrected chi connectivity index (χ0v) is 17.0. The lowest BCUT2D eigenvalue weighted by Crippen LogP contribution is -2.32. The topological polar surface area (TPSA) is 76.1 Å². The van der Waals surface area contributed by atoms with Gasteiger partial charge >= 0.3 is 0 Å². The Morgan fingerprint density at radius 2 is 1.73 bits per heavy atom. The molecule has 1 N–H and O–H groups in total. The van der Waals surface area contributed by atoms with Crippen LogP contribution < -0.4 is 9.47 Å². The molecule has 1 fully saturated rings. The molecule has 1 aliphatic heterocycles. The number of aromatic hydroxyl groups is 1. The van der Waals surface area contributed by atoms with Gasteiger partial charge in [-0.2, -0.15) is 0 Å². The fourth-order valence-electron chi connectivity index (χ4n) is 3.22. The maximum absolute atomic E-state index is 12.7. The maximum Gasteiger partial charge on any atom is 0.293 e. The zero-order chi connectivity index (χ0) is 21.1. The molecule has 2 amide bonds. The van der Waals surface area contributed by atoms with Gasteiger partial charge in [0.1, 0.15) is 12.4 Å². The molecule has 0 aliphatic carbocycles. The molecule has 1 heterocycles. The SMILES string of the molecule is COc1cccc(/C=C2\SC(=O)N(CCOc3cccc4ccccc34)C2=O)c1O. The number of rotatable bonds is 6. The number of benzene rings is 3. The lowest BCUT2D eigenvalue weighted by atomic mass is 10.1. The summed E-state index contributed by atoms with van der Waals surface area (Å²) in [4.78, 5) is 26.4. The van der Waals surface area contributed by atoms with E-state index in [0.29, 0.717) is 17.1 Å². The predicted octanol–water partition coefficient (Wildman–Crippen LogP) is 4.67. The van der Waals surface area contributed by atoms with E-state index in [1.807, 2.05) is 42.5 Å². The van der Waals surface area contributed by atoms with Crippen molar-refractivity contribution in [3.8, 4) is 17.2 Å². The second-order valence-electron chi connectivity index (χ2n) is 6.56. The quantitative estimate of drug-likeness (QED) is 0.583. The number of nitrogens with zero attached hydrogens (tertiary/aromatic N) is 1. The number of fused-ring (bicyclic) bond motifs is 1. The monoisotopic (exact) mass is 421 g/mol. The molecule has 0 radical (unpaired) electrons. The minimum atomic E-state index is -0.409. The summed E-state index contributed by atoms with van der Waals surface area (Å²) in [5.41, 5.74) is 0.409. The lowest BCUT2D eigenvalue weighted by molar-refractivity contribution is -0.123. The van der Waals surface area contributed by atoms with Crippen molar-refractivity contribution in [1.29, 1.82) is 0 Å². The Bertz CT molecular complexity index is 1150. The van der Waals surface area contributed by atoms with E-state index in [1.54, 1.807) is 18.2 Å². The molecule has 4 rings (SSSR count). The number of phenols is 1. The third-order valence-electron chi connectivity index (χ3n) is 4.73.